The van der Waals surface area contributed by atoms with Crippen LogP contribution < -0.4 is 5.32 Å². The van der Waals surface area contributed by atoms with Gasteiger partial charge < -0.3 is 10.3 Å². The molecule has 1 aromatic carbocycles. The molecule has 2 unspecified atom stereocenters. The van der Waals surface area contributed by atoms with Crippen molar-refractivity contribution in [3.63, 3.8) is 0 Å². The van der Waals surface area contributed by atoms with Crippen molar-refractivity contribution in [2.45, 2.75) is 18.0 Å². The highest BCUT2D eigenvalue weighted by Crippen LogP contribution is 2.28. The zero-order valence-electron chi connectivity index (χ0n) is 14.4. The van der Waals surface area contributed by atoms with Gasteiger partial charge in [-0.3, -0.25) is 0 Å². The highest BCUT2D eigenvalue weighted by molar-refractivity contribution is 7.91. The molecule has 3 N–H and O–H groups in total. The van der Waals surface area contributed by atoms with Crippen molar-refractivity contribution >= 4 is 15.5 Å². The quantitative estimate of drug-likeness (QED) is 0.613. The molecule has 0 radical (unpaired) electrons. The molecular weight excluding hydrogens is 379 g/mol. The molecule has 3 aromatic rings. The van der Waals surface area contributed by atoms with Gasteiger partial charge in [-0.15, -0.1) is 0 Å². The van der Waals surface area contributed by atoms with Gasteiger partial charge in [0.2, 0.25) is 0 Å². The monoisotopic (exact) mass is 395 g/mol. The molecule has 0 bridgehead atoms. The summed E-state index contributed by atoms with van der Waals surface area (Å²) in [4.78, 5) is 10.8. The van der Waals surface area contributed by atoms with Crippen molar-refractivity contribution in [2.75, 3.05) is 11.6 Å². The number of H-pyrrole nitrogens is 1. The number of anilines is 1. The summed E-state index contributed by atoms with van der Waals surface area (Å²) in [6.45, 7) is 1.60. The lowest BCUT2D eigenvalue weighted by atomic mass is 10.1. The summed E-state index contributed by atoms with van der Waals surface area (Å²) in [5.41, 5.74) is 0.789. The Kier molecular flexibility index (Phi) is 4.92. The molecule has 0 aliphatic heterocycles. The minimum Gasteiger partial charge on any atom is -0.354 e. The summed E-state index contributed by atoms with van der Waals surface area (Å²) in [7, 11) is -3.11. The number of aryl methyl sites for hydroxylation is 1. The molecule has 2 heterocycles. The van der Waals surface area contributed by atoms with Crippen LogP contribution in [0.2, 0.25) is 0 Å². The molecule has 0 saturated heterocycles. The smallest absolute Gasteiger partial charge is 0.168 e. The van der Waals surface area contributed by atoms with E-state index in [1.807, 2.05) is 0 Å². The Labute approximate surface area is 153 Å². The number of hydrogen-bond acceptors (Lipinski definition) is 5. The Hall–Kier alpha value is -2.88. The largest absolute Gasteiger partial charge is 0.354 e. The van der Waals surface area contributed by atoms with Gasteiger partial charge in [-0.05, 0) is 24.6 Å². The third kappa shape index (κ3) is 4.11. The lowest BCUT2D eigenvalue weighted by Crippen LogP contribution is -2.16. The topological polar surface area (TPSA) is 94.5 Å². The Morgan fingerprint density at radius 3 is 2.56 bits per heavy atom. The van der Waals surface area contributed by atoms with Gasteiger partial charge in [0.15, 0.2) is 16.7 Å². The van der Waals surface area contributed by atoms with E-state index in [4.69, 9.17) is 4.78 Å². The minimum absolute atomic E-state index is 0.0493. The minimum atomic E-state index is -3.11. The Balaban J connectivity index is 2.11. The number of imidazole rings is 1. The van der Waals surface area contributed by atoms with E-state index < -0.39 is 33.2 Å². The summed E-state index contributed by atoms with van der Waals surface area (Å²) < 4.78 is 60.7. The maximum absolute atomic E-state index is 14.0. The average Bonchev–Trinajstić information content (AvgIpc) is 2.96. The fourth-order valence-corrected chi connectivity index (χ4v) is 3.54. The fourth-order valence-electron chi connectivity index (χ4n) is 2.64. The normalized spacial score (nSPS) is 14.6. The van der Waals surface area contributed by atoms with Crippen LogP contribution in [0, 0.1) is 29.2 Å². The first-order valence-corrected chi connectivity index (χ1v) is 9.75. The van der Waals surface area contributed by atoms with E-state index in [1.54, 1.807) is 13.0 Å². The standard InChI is InChI=1S/C17H16F3N5OS/c1-9-17(27(2,21)26)25-16(23-9)14(10-4-3-5-11(18)6-10)24-15-13(20)7-12(19)8-22-15/h3-8,14,21H,1-2H3,(H,22,24)(H,23,25). The van der Waals surface area contributed by atoms with Gasteiger partial charge in [-0.1, -0.05) is 12.1 Å². The van der Waals surface area contributed by atoms with Crippen LogP contribution in [0.5, 0.6) is 0 Å². The highest BCUT2D eigenvalue weighted by Gasteiger charge is 2.23. The molecule has 0 spiro atoms. The van der Waals surface area contributed by atoms with E-state index in [0.29, 0.717) is 17.3 Å². The number of aromatic nitrogens is 3. The van der Waals surface area contributed by atoms with Gasteiger partial charge >= 0.3 is 0 Å². The summed E-state index contributed by atoms with van der Waals surface area (Å²) in [5, 5.41) is 2.81. The predicted octanol–water partition coefficient (Wildman–Crippen LogP) is 3.77. The average molecular weight is 395 g/mol. The van der Waals surface area contributed by atoms with Crippen molar-refractivity contribution in [3.8, 4) is 0 Å². The van der Waals surface area contributed by atoms with Crippen LogP contribution >= 0.6 is 0 Å². The molecule has 0 aliphatic rings. The molecule has 10 heteroatoms. The third-order valence-electron chi connectivity index (χ3n) is 3.77. The highest BCUT2D eigenvalue weighted by atomic mass is 32.2. The zero-order valence-corrected chi connectivity index (χ0v) is 15.2. The number of halogens is 3. The Bertz CT molecular complexity index is 1100. The first kappa shape index (κ1) is 18.9. The van der Waals surface area contributed by atoms with Gasteiger partial charge in [0.25, 0.3) is 0 Å². The number of aromatic amines is 1. The molecule has 6 nitrogen and oxygen atoms in total. The number of pyridine rings is 1. The second-order valence-electron chi connectivity index (χ2n) is 6.01. The second-order valence-corrected chi connectivity index (χ2v) is 8.09. The predicted molar refractivity (Wildman–Crippen MR) is 94.4 cm³/mol. The number of rotatable bonds is 5. The summed E-state index contributed by atoms with van der Waals surface area (Å²) in [6, 6.07) is 5.29. The second kappa shape index (κ2) is 7.03. The van der Waals surface area contributed by atoms with E-state index >= 15 is 0 Å². The number of nitrogens with zero attached hydrogens (tertiary/aromatic N) is 2. The first-order valence-electron chi connectivity index (χ1n) is 7.78. The Morgan fingerprint density at radius 1 is 1.22 bits per heavy atom. The maximum atomic E-state index is 14.0. The summed E-state index contributed by atoms with van der Waals surface area (Å²) in [6.07, 6.45) is 2.07. The number of benzene rings is 1. The number of hydrogen-bond donors (Lipinski definition) is 3. The molecule has 3 rings (SSSR count). The van der Waals surface area contributed by atoms with Crippen molar-refractivity contribution in [3.05, 3.63) is 71.1 Å². The van der Waals surface area contributed by atoms with Crippen LogP contribution in [-0.4, -0.2) is 25.4 Å². The van der Waals surface area contributed by atoms with E-state index in [-0.39, 0.29) is 16.7 Å². The maximum Gasteiger partial charge on any atom is 0.168 e. The van der Waals surface area contributed by atoms with Gasteiger partial charge in [0.1, 0.15) is 23.5 Å². The molecule has 2 atom stereocenters. The van der Waals surface area contributed by atoms with Crippen LogP contribution in [0.15, 0.2) is 41.6 Å². The van der Waals surface area contributed by atoms with Gasteiger partial charge in [0, 0.05) is 18.0 Å². The van der Waals surface area contributed by atoms with E-state index in [9.17, 15) is 17.4 Å². The molecule has 0 aliphatic carbocycles. The summed E-state index contributed by atoms with van der Waals surface area (Å²) in [5.74, 6) is -2.35. The molecule has 0 fully saturated rings. The lowest BCUT2D eigenvalue weighted by molar-refractivity contribution is 0.574. The Morgan fingerprint density at radius 2 is 1.96 bits per heavy atom. The fraction of sp³-hybridized carbons (Fsp3) is 0.176. The van der Waals surface area contributed by atoms with E-state index in [2.05, 4.69) is 20.3 Å². The zero-order chi connectivity index (χ0) is 19.8. The molecular formula is C17H16F3N5OS. The van der Waals surface area contributed by atoms with Crippen LogP contribution in [0.4, 0.5) is 19.0 Å². The number of nitrogens with one attached hydrogen (secondary N) is 3. The molecule has 2 aromatic heterocycles. The van der Waals surface area contributed by atoms with Crippen molar-refractivity contribution in [1.82, 2.24) is 15.0 Å². The molecule has 0 amide bonds. The van der Waals surface area contributed by atoms with Crippen molar-refractivity contribution < 1.29 is 17.4 Å². The van der Waals surface area contributed by atoms with Crippen LogP contribution in [0.25, 0.3) is 0 Å². The van der Waals surface area contributed by atoms with Gasteiger partial charge in [-0.25, -0.2) is 32.1 Å². The summed E-state index contributed by atoms with van der Waals surface area (Å²) >= 11 is 0. The van der Waals surface area contributed by atoms with Crippen molar-refractivity contribution in [1.29, 1.82) is 4.78 Å². The van der Waals surface area contributed by atoms with Gasteiger partial charge in [0.05, 0.1) is 15.9 Å². The third-order valence-corrected chi connectivity index (χ3v) is 4.91. The van der Waals surface area contributed by atoms with E-state index in [0.717, 1.165) is 6.20 Å². The molecule has 0 saturated carbocycles. The first-order chi connectivity index (χ1) is 12.6. The SMILES string of the molecule is Cc1[nH]c(C(Nc2ncc(F)cc2F)c2cccc(F)c2)nc1S(C)(=N)=O. The lowest BCUT2D eigenvalue weighted by Gasteiger charge is -2.18. The van der Waals surface area contributed by atoms with Crippen LogP contribution in [0.3, 0.4) is 0 Å². The van der Waals surface area contributed by atoms with Crippen LogP contribution in [-0.2, 0) is 9.73 Å². The molecule has 27 heavy (non-hydrogen) atoms. The van der Waals surface area contributed by atoms with E-state index in [1.165, 1.54) is 24.5 Å². The van der Waals surface area contributed by atoms with Gasteiger partial charge in [-0.2, -0.15) is 0 Å². The van der Waals surface area contributed by atoms with Crippen LogP contribution in [0.1, 0.15) is 23.1 Å². The molecule has 142 valence electrons. The van der Waals surface area contributed by atoms with Crippen molar-refractivity contribution in [2.24, 2.45) is 0 Å².